The lowest BCUT2D eigenvalue weighted by atomic mass is 10.0. The number of hydrogen-bond acceptors (Lipinski definition) is 4. The first-order chi connectivity index (χ1) is 8.58. The van der Waals surface area contributed by atoms with E-state index in [-0.39, 0.29) is 18.2 Å². The van der Waals surface area contributed by atoms with Crippen molar-refractivity contribution in [2.75, 3.05) is 19.7 Å². The topological polar surface area (TPSA) is 45.1 Å². The first kappa shape index (κ1) is 11.6. The number of rotatable bonds is 1. The minimum absolute atomic E-state index is 0.166. The molecular weight excluding hydrogens is 230 g/mol. The largest absolute Gasteiger partial charge is 0.448 e. The predicted octanol–water partition coefficient (Wildman–Crippen LogP) is 1.61. The third kappa shape index (κ3) is 1.61. The van der Waals surface area contributed by atoms with Crippen molar-refractivity contribution in [3.63, 3.8) is 0 Å². The lowest BCUT2D eigenvalue weighted by Gasteiger charge is -2.28. The highest BCUT2D eigenvalue weighted by molar-refractivity contribution is 5.84. The third-order valence-electron chi connectivity index (χ3n) is 4.23. The molecule has 2 unspecified atom stereocenters. The molecule has 0 aromatic carbocycles. The maximum Gasteiger partial charge on any atom is 0.410 e. The number of carbonyl (C=O) groups excluding carboxylic acids is 1. The van der Waals surface area contributed by atoms with Crippen molar-refractivity contribution in [1.82, 2.24) is 9.80 Å². The number of ether oxygens (including phenoxy) is 1. The van der Waals surface area contributed by atoms with Gasteiger partial charge < -0.3 is 9.64 Å². The Bertz CT molecular complexity index is 455. The molecule has 2 fully saturated rings. The standard InChI is InChI=1S/C13H19N3O2/c1-8-9(2)14-10(3)16-7-11(6-12(8)16)15-4-5-18-13(15)17/h9,11H,4-7H2,1-3H3. The first-order valence-corrected chi connectivity index (χ1v) is 6.53. The highest BCUT2D eigenvalue weighted by Gasteiger charge is 2.39. The van der Waals surface area contributed by atoms with Gasteiger partial charge in [0.2, 0.25) is 0 Å². The van der Waals surface area contributed by atoms with Crippen LogP contribution in [0.25, 0.3) is 0 Å². The summed E-state index contributed by atoms with van der Waals surface area (Å²) in [6, 6.07) is 0.501. The second-order valence-electron chi connectivity index (χ2n) is 5.26. The van der Waals surface area contributed by atoms with Gasteiger partial charge in [0, 0.05) is 18.7 Å². The summed E-state index contributed by atoms with van der Waals surface area (Å²) in [7, 11) is 0. The van der Waals surface area contributed by atoms with Crippen molar-refractivity contribution in [2.45, 2.75) is 39.3 Å². The van der Waals surface area contributed by atoms with Gasteiger partial charge in [0.05, 0.1) is 18.6 Å². The molecule has 0 aromatic rings. The fourth-order valence-electron chi connectivity index (χ4n) is 3.05. The average molecular weight is 249 g/mol. The van der Waals surface area contributed by atoms with Crippen molar-refractivity contribution in [3.8, 4) is 0 Å². The maximum absolute atomic E-state index is 11.6. The Morgan fingerprint density at radius 2 is 2.17 bits per heavy atom. The monoisotopic (exact) mass is 249 g/mol. The van der Waals surface area contributed by atoms with Crippen LogP contribution in [0.3, 0.4) is 0 Å². The molecule has 98 valence electrons. The molecule has 5 nitrogen and oxygen atoms in total. The van der Waals surface area contributed by atoms with E-state index in [9.17, 15) is 4.79 Å². The van der Waals surface area contributed by atoms with Crippen LogP contribution in [0.2, 0.25) is 0 Å². The van der Waals surface area contributed by atoms with Gasteiger partial charge in [-0.25, -0.2) is 4.79 Å². The summed E-state index contributed by atoms with van der Waals surface area (Å²) in [5.41, 5.74) is 2.68. The zero-order valence-corrected chi connectivity index (χ0v) is 11.1. The van der Waals surface area contributed by atoms with Crippen LogP contribution in [-0.2, 0) is 4.74 Å². The number of cyclic esters (lactones) is 1. The smallest absolute Gasteiger partial charge is 0.410 e. The molecule has 5 heteroatoms. The number of nitrogens with zero attached hydrogens (tertiary/aromatic N) is 3. The Morgan fingerprint density at radius 1 is 1.39 bits per heavy atom. The van der Waals surface area contributed by atoms with Gasteiger partial charge in [-0.15, -0.1) is 0 Å². The third-order valence-corrected chi connectivity index (χ3v) is 4.23. The molecule has 0 bridgehead atoms. The second kappa shape index (κ2) is 4.00. The van der Waals surface area contributed by atoms with Crippen molar-refractivity contribution < 1.29 is 9.53 Å². The summed E-state index contributed by atoms with van der Waals surface area (Å²) < 4.78 is 5.03. The van der Waals surface area contributed by atoms with Crippen LogP contribution in [0.4, 0.5) is 4.79 Å². The van der Waals surface area contributed by atoms with Crippen molar-refractivity contribution in [1.29, 1.82) is 0 Å². The molecule has 0 N–H and O–H groups in total. The van der Waals surface area contributed by atoms with Crippen LogP contribution in [0.5, 0.6) is 0 Å². The zero-order valence-electron chi connectivity index (χ0n) is 11.1. The van der Waals surface area contributed by atoms with Crippen LogP contribution < -0.4 is 0 Å². The molecule has 3 aliphatic heterocycles. The maximum atomic E-state index is 11.6. The summed E-state index contributed by atoms with van der Waals surface area (Å²) in [6.07, 6.45) is 0.763. The average Bonchev–Trinajstić information content (AvgIpc) is 2.92. The van der Waals surface area contributed by atoms with E-state index in [4.69, 9.17) is 4.74 Å². The number of hydrogen-bond donors (Lipinski definition) is 0. The van der Waals surface area contributed by atoms with E-state index in [1.807, 2.05) is 11.8 Å². The second-order valence-corrected chi connectivity index (χ2v) is 5.26. The normalized spacial score (nSPS) is 31.7. The fraction of sp³-hybridized carbons (Fsp3) is 0.692. The lowest BCUT2D eigenvalue weighted by Crippen LogP contribution is -2.39. The van der Waals surface area contributed by atoms with Gasteiger partial charge in [-0.2, -0.15) is 0 Å². The molecule has 0 aliphatic carbocycles. The molecule has 0 saturated carbocycles. The fourth-order valence-corrected chi connectivity index (χ4v) is 3.05. The van der Waals surface area contributed by atoms with Crippen molar-refractivity contribution in [3.05, 3.63) is 11.3 Å². The molecular formula is C13H19N3O2. The SMILES string of the molecule is CC1=NC(C)C(C)=C2CC(N3CCOC3=O)CN12. The molecule has 3 rings (SSSR count). The van der Waals surface area contributed by atoms with Gasteiger partial charge in [0.25, 0.3) is 0 Å². The molecule has 0 aromatic heterocycles. The van der Waals surface area contributed by atoms with Crippen LogP contribution in [0, 0.1) is 0 Å². The van der Waals surface area contributed by atoms with Crippen molar-refractivity contribution >= 4 is 11.9 Å². The van der Waals surface area contributed by atoms with Gasteiger partial charge >= 0.3 is 6.09 Å². The summed E-state index contributed by atoms with van der Waals surface area (Å²) >= 11 is 0. The van der Waals surface area contributed by atoms with Gasteiger partial charge in [-0.3, -0.25) is 9.89 Å². The Kier molecular flexibility index (Phi) is 2.57. The molecule has 2 saturated heterocycles. The predicted molar refractivity (Wildman–Crippen MR) is 68.4 cm³/mol. The minimum Gasteiger partial charge on any atom is -0.448 e. The Balaban J connectivity index is 1.85. The summed E-state index contributed by atoms with van der Waals surface area (Å²) in [5, 5.41) is 0. The number of fused-ring (bicyclic) bond motifs is 1. The highest BCUT2D eigenvalue weighted by atomic mass is 16.6. The van der Waals surface area contributed by atoms with Gasteiger partial charge in [0.1, 0.15) is 12.4 Å². The van der Waals surface area contributed by atoms with E-state index in [0.717, 1.165) is 25.3 Å². The summed E-state index contributed by atoms with van der Waals surface area (Å²) in [5.74, 6) is 1.07. The summed E-state index contributed by atoms with van der Waals surface area (Å²) in [4.78, 5) is 20.4. The molecule has 0 spiro atoms. The number of carbonyl (C=O) groups is 1. The summed E-state index contributed by atoms with van der Waals surface area (Å²) in [6.45, 7) is 8.41. The minimum atomic E-state index is -0.166. The van der Waals surface area contributed by atoms with Crippen molar-refractivity contribution in [2.24, 2.45) is 4.99 Å². The number of amidine groups is 1. The van der Waals surface area contributed by atoms with Crippen LogP contribution in [0.1, 0.15) is 27.2 Å². The highest BCUT2D eigenvalue weighted by Crippen LogP contribution is 2.33. The van der Waals surface area contributed by atoms with Gasteiger partial charge in [-0.1, -0.05) is 0 Å². The molecule has 1 amide bonds. The van der Waals surface area contributed by atoms with E-state index >= 15 is 0 Å². The molecule has 2 atom stereocenters. The Morgan fingerprint density at radius 3 is 2.83 bits per heavy atom. The van der Waals surface area contributed by atoms with Gasteiger partial charge in [0.15, 0.2) is 0 Å². The number of amides is 1. The van der Waals surface area contributed by atoms with Crippen LogP contribution in [0.15, 0.2) is 16.3 Å². The van der Waals surface area contributed by atoms with Crippen LogP contribution >= 0.6 is 0 Å². The molecule has 18 heavy (non-hydrogen) atoms. The van der Waals surface area contributed by atoms with Crippen LogP contribution in [-0.4, -0.2) is 53.5 Å². The van der Waals surface area contributed by atoms with E-state index in [1.165, 1.54) is 11.3 Å². The van der Waals surface area contributed by atoms with E-state index in [2.05, 4.69) is 23.7 Å². The lowest BCUT2D eigenvalue weighted by molar-refractivity contribution is 0.149. The van der Waals surface area contributed by atoms with Gasteiger partial charge in [-0.05, 0) is 26.3 Å². The zero-order chi connectivity index (χ0) is 12.9. The molecule has 3 aliphatic rings. The molecule has 0 radical (unpaired) electrons. The quantitative estimate of drug-likeness (QED) is 0.709. The molecule has 3 heterocycles. The Labute approximate surface area is 107 Å². The van der Waals surface area contributed by atoms with E-state index < -0.39 is 0 Å². The first-order valence-electron chi connectivity index (χ1n) is 6.53. The van der Waals surface area contributed by atoms with E-state index in [0.29, 0.717) is 6.61 Å². The Hall–Kier alpha value is -1.52. The number of aliphatic imine (C=N–C) groups is 1. The van der Waals surface area contributed by atoms with E-state index in [1.54, 1.807) is 0 Å².